The van der Waals surface area contributed by atoms with Crippen molar-refractivity contribution in [1.29, 1.82) is 0 Å². The van der Waals surface area contributed by atoms with Gasteiger partial charge in [-0.3, -0.25) is 4.79 Å². The van der Waals surface area contributed by atoms with Crippen molar-refractivity contribution in [3.8, 4) is 0 Å². The summed E-state index contributed by atoms with van der Waals surface area (Å²) in [5, 5.41) is 18.4. The van der Waals surface area contributed by atoms with E-state index in [0.29, 0.717) is 5.56 Å². The molecule has 2 N–H and O–H groups in total. The van der Waals surface area contributed by atoms with E-state index in [1.165, 1.54) is 4.90 Å². The fourth-order valence-electron chi connectivity index (χ4n) is 2.02. The number of nitrogens with zero attached hydrogens (tertiary/aromatic N) is 1. The third-order valence-corrected chi connectivity index (χ3v) is 2.85. The Morgan fingerprint density at radius 1 is 1.24 bits per heavy atom. The first-order valence-electron chi connectivity index (χ1n) is 5.36. The van der Waals surface area contributed by atoms with Gasteiger partial charge in [0.15, 0.2) is 0 Å². The molecule has 90 valence electrons. The molecule has 1 fully saturated rings. The SMILES string of the molecule is O=C(O)[C@@H]1CC(O)CN1C(=O)c1ccccc1. The highest BCUT2D eigenvalue weighted by Gasteiger charge is 2.39. The molecule has 2 atom stereocenters. The molecule has 1 saturated heterocycles. The summed E-state index contributed by atoms with van der Waals surface area (Å²) < 4.78 is 0. The van der Waals surface area contributed by atoms with E-state index in [9.17, 15) is 14.7 Å². The summed E-state index contributed by atoms with van der Waals surface area (Å²) in [4.78, 5) is 24.3. The highest BCUT2D eigenvalue weighted by atomic mass is 16.4. The zero-order valence-electron chi connectivity index (χ0n) is 9.11. The average Bonchev–Trinajstić information content (AvgIpc) is 2.72. The van der Waals surface area contributed by atoms with E-state index in [4.69, 9.17) is 5.11 Å². The van der Waals surface area contributed by atoms with Crippen LogP contribution in [0.15, 0.2) is 30.3 Å². The van der Waals surface area contributed by atoms with Gasteiger partial charge in [-0.15, -0.1) is 0 Å². The van der Waals surface area contributed by atoms with Gasteiger partial charge in [-0.2, -0.15) is 0 Å². The fourth-order valence-corrected chi connectivity index (χ4v) is 2.02. The van der Waals surface area contributed by atoms with Gasteiger partial charge in [0.05, 0.1) is 6.10 Å². The Bertz CT molecular complexity index is 431. The van der Waals surface area contributed by atoms with Crippen LogP contribution in [0.1, 0.15) is 16.8 Å². The number of benzene rings is 1. The number of amides is 1. The standard InChI is InChI=1S/C12H13NO4/c14-9-6-10(12(16)17)13(7-9)11(15)8-4-2-1-3-5-8/h1-5,9-10,14H,6-7H2,(H,16,17)/t9?,10-/m0/s1. The molecule has 0 radical (unpaired) electrons. The molecule has 1 amide bonds. The molecule has 1 aromatic rings. The van der Waals surface area contributed by atoms with Crippen molar-refractivity contribution < 1.29 is 19.8 Å². The summed E-state index contributed by atoms with van der Waals surface area (Å²) in [6.45, 7) is 0.0741. The van der Waals surface area contributed by atoms with Gasteiger partial charge < -0.3 is 15.1 Å². The van der Waals surface area contributed by atoms with Gasteiger partial charge in [0.1, 0.15) is 6.04 Å². The number of hydrogen-bond acceptors (Lipinski definition) is 3. The minimum Gasteiger partial charge on any atom is -0.480 e. The number of aliphatic carboxylic acids is 1. The number of carbonyl (C=O) groups excluding carboxylic acids is 1. The molecule has 0 spiro atoms. The van der Waals surface area contributed by atoms with Crippen LogP contribution in [-0.4, -0.2) is 45.7 Å². The number of rotatable bonds is 2. The molecular weight excluding hydrogens is 222 g/mol. The zero-order valence-corrected chi connectivity index (χ0v) is 9.11. The van der Waals surface area contributed by atoms with Crippen LogP contribution in [0.25, 0.3) is 0 Å². The van der Waals surface area contributed by atoms with Crippen LogP contribution in [0.3, 0.4) is 0 Å². The van der Waals surface area contributed by atoms with Crippen molar-refractivity contribution >= 4 is 11.9 Å². The summed E-state index contributed by atoms with van der Waals surface area (Å²) >= 11 is 0. The molecule has 17 heavy (non-hydrogen) atoms. The molecule has 1 aliphatic rings. The summed E-state index contributed by atoms with van der Waals surface area (Å²) in [6, 6.07) is 7.55. The van der Waals surface area contributed by atoms with Gasteiger partial charge in [-0.05, 0) is 12.1 Å². The maximum absolute atomic E-state index is 12.1. The Hall–Kier alpha value is -1.88. The maximum atomic E-state index is 12.1. The average molecular weight is 235 g/mol. The fraction of sp³-hybridized carbons (Fsp3) is 0.333. The lowest BCUT2D eigenvalue weighted by atomic mass is 10.1. The lowest BCUT2D eigenvalue weighted by Crippen LogP contribution is -2.40. The summed E-state index contributed by atoms with van der Waals surface area (Å²) in [7, 11) is 0. The van der Waals surface area contributed by atoms with Crippen LogP contribution in [0.2, 0.25) is 0 Å². The lowest BCUT2D eigenvalue weighted by molar-refractivity contribution is -0.141. The van der Waals surface area contributed by atoms with Gasteiger partial charge >= 0.3 is 5.97 Å². The van der Waals surface area contributed by atoms with Gasteiger partial charge in [-0.1, -0.05) is 18.2 Å². The van der Waals surface area contributed by atoms with Gasteiger partial charge in [0, 0.05) is 18.5 Å². The number of likely N-dealkylation sites (tertiary alicyclic amines) is 1. The van der Waals surface area contributed by atoms with Crippen LogP contribution >= 0.6 is 0 Å². The Morgan fingerprint density at radius 2 is 1.88 bits per heavy atom. The number of aliphatic hydroxyl groups excluding tert-OH is 1. The molecule has 1 aromatic carbocycles. The third kappa shape index (κ3) is 2.29. The quantitative estimate of drug-likeness (QED) is 0.775. The van der Waals surface area contributed by atoms with E-state index in [2.05, 4.69) is 0 Å². The van der Waals surface area contributed by atoms with Crippen LogP contribution in [-0.2, 0) is 4.79 Å². The molecular formula is C12H13NO4. The molecule has 1 unspecified atom stereocenters. The van der Waals surface area contributed by atoms with Crippen molar-refractivity contribution in [1.82, 2.24) is 4.90 Å². The van der Waals surface area contributed by atoms with E-state index >= 15 is 0 Å². The smallest absolute Gasteiger partial charge is 0.326 e. The predicted molar refractivity (Wildman–Crippen MR) is 59.5 cm³/mol. The van der Waals surface area contributed by atoms with Gasteiger partial charge in [0.2, 0.25) is 0 Å². The van der Waals surface area contributed by atoms with E-state index in [1.807, 2.05) is 0 Å². The van der Waals surface area contributed by atoms with E-state index in [1.54, 1.807) is 30.3 Å². The van der Waals surface area contributed by atoms with Gasteiger partial charge in [-0.25, -0.2) is 4.79 Å². The predicted octanol–water partition coefficient (Wildman–Crippen LogP) is 0.347. The molecule has 0 aromatic heterocycles. The Balaban J connectivity index is 2.22. The Labute approximate surface area is 98.3 Å². The normalized spacial score (nSPS) is 23.7. The van der Waals surface area contributed by atoms with Crippen molar-refractivity contribution in [2.24, 2.45) is 0 Å². The monoisotopic (exact) mass is 235 g/mol. The molecule has 0 aliphatic carbocycles. The van der Waals surface area contributed by atoms with Gasteiger partial charge in [0.25, 0.3) is 5.91 Å². The minimum atomic E-state index is -1.08. The highest BCUT2D eigenvalue weighted by molar-refractivity contribution is 5.97. The number of carbonyl (C=O) groups is 2. The molecule has 0 bridgehead atoms. The number of aliphatic hydroxyl groups is 1. The maximum Gasteiger partial charge on any atom is 0.326 e. The first-order valence-corrected chi connectivity index (χ1v) is 5.36. The number of hydrogen-bond donors (Lipinski definition) is 2. The molecule has 1 aliphatic heterocycles. The Morgan fingerprint density at radius 3 is 2.47 bits per heavy atom. The second-order valence-electron chi connectivity index (χ2n) is 4.07. The van der Waals surface area contributed by atoms with E-state index in [-0.39, 0.29) is 18.9 Å². The largest absolute Gasteiger partial charge is 0.480 e. The van der Waals surface area contributed by atoms with Crippen LogP contribution in [0.4, 0.5) is 0 Å². The van der Waals surface area contributed by atoms with Crippen molar-refractivity contribution in [3.05, 3.63) is 35.9 Å². The Kier molecular flexibility index (Phi) is 3.10. The van der Waals surface area contributed by atoms with Crippen molar-refractivity contribution in [3.63, 3.8) is 0 Å². The van der Waals surface area contributed by atoms with Crippen molar-refractivity contribution in [2.75, 3.05) is 6.54 Å². The summed E-state index contributed by atoms with van der Waals surface area (Å²) in [5.41, 5.74) is 0.438. The molecule has 1 heterocycles. The molecule has 5 nitrogen and oxygen atoms in total. The van der Waals surface area contributed by atoms with Crippen LogP contribution in [0.5, 0.6) is 0 Å². The number of carboxylic acids is 1. The van der Waals surface area contributed by atoms with Crippen LogP contribution in [0, 0.1) is 0 Å². The van der Waals surface area contributed by atoms with Crippen LogP contribution < -0.4 is 0 Å². The molecule has 5 heteroatoms. The minimum absolute atomic E-state index is 0.0741. The van der Waals surface area contributed by atoms with E-state index in [0.717, 1.165) is 0 Å². The lowest BCUT2D eigenvalue weighted by Gasteiger charge is -2.21. The zero-order chi connectivity index (χ0) is 12.4. The number of carboxylic acid groups (broad SMARTS) is 1. The summed E-state index contributed by atoms with van der Waals surface area (Å²) in [5.74, 6) is -1.43. The highest BCUT2D eigenvalue weighted by Crippen LogP contribution is 2.20. The van der Waals surface area contributed by atoms with E-state index < -0.39 is 18.1 Å². The van der Waals surface area contributed by atoms with Crippen molar-refractivity contribution in [2.45, 2.75) is 18.6 Å². The second-order valence-corrected chi connectivity index (χ2v) is 4.07. The topological polar surface area (TPSA) is 77.8 Å². The first-order chi connectivity index (χ1) is 8.09. The summed E-state index contributed by atoms with van der Waals surface area (Å²) in [6.07, 6.45) is -0.669. The number of β-amino-alcohol motifs (C(OH)–C–C–N with tert-alkyl or cyclic N) is 1. The molecule has 2 rings (SSSR count). The molecule has 0 saturated carbocycles. The second kappa shape index (κ2) is 4.55. The third-order valence-electron chi connectivity index (χ3n) is 2.85. The first kappa shape index (κ1) is 11.6.